The van der Waals surface area contributed by atoms with Gasteiger partial charge in [-0.15, -0.1) is 0 Å². The van der Waals surface area contributed by atoms with E-state index in [1.807, 2.05) is 6.07 Å². The lowest BCUT2D eigenvalue weighted by Gasteiger charge is -2.36. The van der Waals surface area contributed by atoms with Crippen LogP contribution in [0.1, 0.15) is 18.4 Å². The highest BCUT2D eigenvalue weighted by Gasteiger charge is 2.74. The van der Waals surface area contributed by atoms with Gasteiger partial charge >= 0.3 is 0 Å². The molecule has 4 aliphatic rings. The van der Waals surface area contributed by atoms with Crippen molar-refractivity contribution in [2.24, 2.45) is 11.8 Å². The highest BCUT2D eigenvalue weighted by molar-refractivity contribution is 6.37. The minimum atomic E-state index is -1.23. The van der Waals surface area contributed by atoms with Crippen LogP contribution in [-0.4, -0.2) is 35.2 Å². The van der Waals surface area contributed by atoms with E-state index in [4.69, 9.17) is 23.2 Å². The monoisotopic (exact) mass is 441 g/mol. The second-order valence-corrected chi connectivity index (χ2v) is 9.07. The quantitative estimate of drug-likeness (QED) is 0.688. The molecule has 0 unspecified atom stereocenters. The molecule has 8 heteroatoms. The van der Waals surface area contributed by atoms with Gasteiger partial charge in [0.15, 0.2) is 0 Å². The van der Waals surface area contributed by atoms with Crippen LogP contribution in [0, 0.1) is 11.8 Å². The maximum Gasteiger partial charge on any atom is 0.250 e. The third kappa shape index (κ3) is 1.97. The van der Waals surface area contributed by atoms with Gasteiger partial charge in [0.05, 0.1) is 33.3 Å². The van der Waals surface area contributed by atoms with Crippen LogP contribution in [-0.2, 0) is 19.9 Å². The first-order valence-corrected chi connectivity index (χ1v) is 10.7. The molecular weight excluding hydrogens is 425 g/mol. The van der Waals surface area contributed by atoms with Crippen LogP contribution in [0.2, 0.25) is 10.0 Å². The van der Waals surface area contributed by atoms with E-state index in [-0.39, 0.29) is 23.8 Å². The minimum Gasteiger partial charge on any atom is -0.323 e. The second kappa shape index (κ2) is 6.06. The lowest BCUT2D eigenvalue weighted by molar-refractivity contribution is -0.135. The standard InChI is InChI=1S/C22H17Cl2N3O3/c23-12-6-1-2-8-14(12)27-19(28)16-15-9-4-10-26(15)22(17(16)20(27)29)11-5-3-7-13(24)18(11)25-21(22)30/h1-3,5-8,15-17H,4,9-10H2,(H,25,30)/t15-,16+,17-,22+/m1/s1. The van der Waals surface area contributed by atoms with Crippen LogP contribution in [0.5, 0.6) is 0 Å². The Morgan fingerprint density at radius 2 is 1.73 bits per heavy atom. The maximum absolute atomic E-state index is 13.8. The van der Waals surface area contributed by atoms with Crippen molar-refractivity contribution < 1.29 is 14.4 Å². The fraction of sp³-hybridized carbons (Fsp3) is 0.318. The Bertz CT molecular complexity index is 1150. The smallest absolute Gasteiger partial charge is 0.250 e. The third-order valence-electron chi connectivity index (χ3n) is 7.07. The fourth-order valence-corrected chi connectivity index (χ4v) is 6.51. The Labute approximate surface area is 182 Å². The molecular formula is C22H17Cl2N3O3. The predicted molar refractivity (Wildman–Crippen MR) is 112 cm³/mol. The molecule has 2 aromatic carbocycles. The number of anilines is 2. The summed E-state index contributed by atoms with van der Waals surface area (Å²) in [6.07, 6.45) is 1.63. The Balaban J connectivity index is 1.59. The molecule has 2 aromatic rings. The summed E-state index contributed by atoms with van der Waals surface area (Å²) in [5.41, 5.74) is 0.357. The largest absolute Gasteiger partial charge is 0.323 e. The van der Waals surface area contributed by atoms with Crippen molar-refractivity contribution in [1.82, 2.24) is 4.90 Å². The number of halogens is 2. The number of imide groups is 1. The number of hydrogen-bond donors (Lipinski definition) is 1. The summed E-state index contributed by atoms with van der Waals surface area (Å²) in [6.45, 7) is 0.656. The Kier molecular flexibility index (Phi) is 3.71. The number of nitrogens with one attached hydrogen (secondary N) is 1. The molecule has 3 saturated heterocycles. The van der Waals surface area contributed by atoms with E-state index in [1.54, 1.807) is 36.4 Å². The van der Waals surface area contributed by atoms with Gasteiger partial charge in [-0.3, -0.25) is 19.3 Å². The number of hydrogen-bond acceptors (Lipinski definition) is 4. The summed E-state index contributed by atoms with van der Waals surface area (Å²) in [4.78, 5) is 44.2. The number of carbonyl (C=O) groups excluding carboxylic acids is 3. The van der Waals surface area contributed by atoms with Crippen molar-refractivity contribution in [3.63, 3.8) is 0 Å². The molecule has 0 aromatic heterocycles. The molecule has 1 N–H and O–H groups in total. The molecule has 30 heavy (non-hydrogen) atoms. The Morgan fingerprint density at radius 1 is 0.967 bits per heavy atom. The predicted octanol–water partition coefficient (Wildman–Crippen LogP) is 3.42. The van der Waals surface area contributed by atoms with Crippen molar-refractivity contribution in [1.29, 1.82) is 0 Å². The number of nitrogens with zero attached hydrogens (tertiary/aromatic N) is 2. The molecule has 6 nitrogen and oxygen atoms in total. The molecule has 0 radical (unpaired) electrons. The lowest BCUT2D eigenvalue weighted by Crippen LogP contribution is -2.54. The Hall–Kier alpha value is -2.41. The second-order valence-electron chi connectivity index (χ2n) is 8.25. The summed E-state index contributed by atoms with van der Waals surface area (Å²) in [7, 11) is 0. The molecule has 4 atom stereocenters. The molecule has 0 aliphatic carbocycles. The van der Waals surface area contributed by atoms with E-state index >= 15 is 0 Å². The normalized spacial score (nSPS) is 32.0. The number of para-hydroxylation sites is 2. The summed E-state index contributed by atoms with van der Waals surface area (Å²) < 4.78 is 0. The number of fused-ring (bicyclic) bond motifs is 7. The number of carbonyl (C=O) groups is 3. The van der Waals surface area contributed by atoms with E-state index in [9.17, 15) is 14.4 Å². The van der Waals surface area contributed by atoms with Crippen molar-refractivity contribution in [3.05, 3.63) is 58.1 Å². The summed E-state index contributed by atoms with van der Waals surface area (Å²) in [6, 6.07) is 12.0. The van der Waals surface area contributed by atoms with E-state index in [2.05, 4.69) is 10.2 Å². The topological polar surface area (TPSA) is 69.7 Å². The SMILES string of the molecule is O=C1[C@H]2[C@H]3CCCN3[C@]3(C(=O)Nc4c(Cl)cccc43)[C@H]2C(=O)N1c1ccccc1Cl. The summed E-state index contributed by atoms with van der Waals surface area (Å²) in [5, 5.41) is 3.66. The van der Waals surface area contributed by atoms with Gasteiger partial charge in [0, 0.05) is 11.6 Å². The van der Waals surface area contributed by atoms with Crippen molar-refractivity contribution in [2.75, 3.05) is 16.8 Å². The zero-order chi connectivity index (χ0) is 20.8. The van der Waals surface area contributed by atoms with Crippen molar-refractivity contribution >= 4 is 52.3 Å². The molecule has 0 saturated carbocycles. The van der Waals surface area contributed by atoms with Crippen molar-refractivity contribution in [2.45, 2.75) is 24.4 Å². The van der Waals surface area contributed by atoms with Crippen LogP contribution in [0.25, 0.3) is 0 Å². The molecule has 3 amide bonds. The van der Waals surface area contributed by atoms with Crippen LogP contribution in [0.3, 0.4) is 0 Å². The summed E-state index contributed by atoms with van der Waals surface area (Å²) in [5.74, 6) is -2.35. The van der Waals surface area contributed by atoms with Crippen molar-refractivity contribution in [3.8, 4) is 0 Å². The van der Waals surface area contributed by atoms with Gasteiger partial charge in [0.1, 0.15) is 5.54 Å². The number of benzene rings is 2. The van der Waals surface area contributed by atoms with Gasteiger partial charge in [-0.1, -0.05) is 47.5 Å². The van der Waals surface area contributed by atoms with Crippen LogP contribution < -0.4 is 10.2 Å². The van der Waals surface area contributed by atoms with Gasteiger partial charge in [0.2, 0.25) is 11.8 Å². The summed E-state index contributed by atoms with van der Waals surface area (Å²) >= 11 is 12.7. The van der Waals surface area contributed by atoms with E-state index in [0.717, 1.165) is 12.8 Å². The first kappa shape index (κ1) is 18.4. The first-order chi connectivity index (χ1) is 14.5. The molecule has 1 spiro atoms. The van der Waals surface area contributed by atoms with E-state index < -0.39 is 17.4 Å². The highest BCUT2D eigenvalue weighted by Crippen LogP contribution is 2.61. The molecule has 4 heterocycles. The minimum absolute atomic E-state index is 0.172. The van der Waals surface area contributed by atoms with E-state index in [1.165, 1.54) is 4.90 Å². The third-order valence-corrected chi connectivity index (χ3v) is 7.70. The highest BCUT2D eigenvalue weighted by atomic mass is 35.5. The maximum atomic E-state index is 13.8. The number of rotatable bonds is 1. The average Bonchev–Trinajstić information content (AvgIpc) is 3.42. The van der Waals surface area contributed by atoms with E-state index in [0.29, 0.717) is 33.5 Å². The fourth-order valence-electron chi connectivity index (χ4n) is 6.06. The molecule has 6 rings (SSSR count). The molecule has 3 fully saturated rings. The zero-order valence-corrected chi connectivity index (χ0v) is 17.3. The molecule has 4 aliphatic heterocycles. The lowest BCUT2D eigenvalue weighted by atomic mass is 9.75. The van der Waals surface area contributed by atoms with Gasteiger partial charge in [0.25, 0.3) is 5.91 Å². The van der Waals surface area contributed by atoms with Gasteiger partial charge in [-0.25, -0.2) is 4.90 Å². The number of amides is 3. The van der Waals surface area contributed by atoms with Crippen LogP contribution in [0.4, 0.5) is 11.4 Å². The van der Waals surface area contributed by atoms with Gasteiger partial charge < -0.3 is 5.32 Å². The van der Waals surface area contributed by atoms with Gasteiger partial charge in [-0.2, -0.15) is 0 Å². The Morgan fingerprint density at radius 3 is 2.53 bits per heavy atom. The molecule has 152 valence electrons. The average molecular weight is 442 g/mol. The van der Waals surface area contributed by atoms with Crippen LogP contribution in [0.15, 0.2) is 42.5 Å². The zero-order valence-electron chi connectivity index (χ0n) is 15.8. The van der Waals surface area contributed by atoms with Crippen LogP contribution >= 0.6 is 23.2 Å². The first-order valence-electron chi connectivity index (χ1n) is 9.97. The molecule has 0 bridgehead atoms. The van der Waals surface area contributed by atoms with Gasteiger partial charge in [-0.05, 0) is 37.6 Å².